The molecule has 0 fully saturated rings. The van der Waals surface area contributed by atoms with Gasteiger partial charge in [-0.2, -0.15) is 0 Å². The normalized spacial score (nSPS) is 24.6. The summed E-state index contributed by atoms with van der Waals surface area (Å²) in [6.07, 6.45) is 0.503. The number of rotatable bonds is 2. The lowest BCUT2D eigenvalue weighted by Crippen LogP contribution is -2.20. The van der Waals surface area contributed by atoms with E-state index in [2.05, 4.69) is 0 Å². The molecule has 0 heterocycles. The van der Waals surface area contributed by atoms with Gasteiger partial charge in [0.2, 0.25) is 0 Å². The maximum absolute atomic E-state index is 14.2. The Morgan fingerprint density at radius 2 is 2.21 bits per heavy atom. The van der Waals surface area contributed by atoms with Gasteiger partial charge in [0.1, 0.15) is 5.67 Å². The van der Waals surface area contributed by atoms with Crippen molar-refractivity contribution in [2.75, 3.05) is 0 Å². The molecular weight excluding hydrogens is 183 g/mol. The van der Waals surface area contributed by atoms with Crippen LogP contribution >= 0.6 is 0 Å². The van der Waals surface area contributed by atoms with E-state index >= 15 is 0 Å². The first-order chi connectivity index (χ1) is 6.62. The molecule has 2 rings (SSSR count). The Kier molecular flexibility index (Phi) is 2.02. The van der Waals surface area contributed by atoms with Gasteiger partial charge in [0.25, 0.3) is 0 Å². The molecule has 1 atom stereocenters. The molecule has 14 heavy (non-hydrogen) atoms. The van der Waals surface area contributed by atoms with Crippen molar-refractivity contribution in [3.8, 4) is 0 Å². The Morgan fingerprint density at radius 1 is 1.50 bits per heavy atom. The third kappa shape index (κ3) is 1.39. The number of hydrogen-bond donors (Lipinski definition) is 1. The molecule has 1 aliphatic rings. The van der Waals surface area contributed by atoms with E-state index in [1.54, 1.807) is 12.1 Å². The highest BCUT2D eigenvalue weighted by Gasteiger charge is 2.40. The lowest BCUT2D eigenvalue weighted by atomic mass is 9.94. The maximum atomic E-state index is 14.2. The highest BCUT2D eigenvalue weighted by atomic mass is 19.1. The summed E-state index contributed by atoms with van der Waals surface area (Å²) in [6, 6.07) is 7.15. The summed E-state index contributed by atoms with van der Waals surface area (Å²) < 4.78 is 14.2. The SMILES string of the molecule is O=C(O)CC1(F)CCc2ccccc21. The average Bonchev–Trinajstić information content (AvgIpc) is 2.44. The zero-order chi connectivity index (χ0) is 10.2. The van der Waals surface area contributed by atoms with Crippen LogP contribution in [0.25, 0.3) is 0 Å². The number of hydrogen-bond acceptors (Lipinski definition) is 1. The van der Waals surface area contributed by atoms with E-state index in [1.807, 2.05) is 12.1 Å². The van der Waals surface area contributed by atoms with Crippen LogP contribution in [0, 0.1) is 0 Å². The third-order valence-corrected chi connectivity index (χ3v) is 2.72. The zero-order valence-electron chi connectivity index (χ0n) is 7.66. The van der Waals surface area contributed by atoms with E-state index < -0.39 is 18.1 Å². The molecule has 0 bridgehead atoms. The highest BCUT2D eigenvalue weighted by molar-refractivity contribution is 5.69. The zero-order valence-corrected chi connectivity index (χ0v) is 7.66. The van der Waals surface area contributed by atoms with Gasteiger partial charge in [0.05, 0.1) is 6.42 Å². The van der Waals surface area contributed by atoms with Gasteiger partial charge < -0.3 is 5.11 Å². The Balaban J connectivity index is 2.37. The molecule has 1 aromatic rings. The van der Waals surface area contributed by atoms with Crippen LogP contribution in [0.5, 0.6) is 0 Å². The molecule has 2 nitrogen and oxygen atoms in total. The van der Waals surface area contributed by atoms with E-state index in [0.29, 0.717) is 18.4 Å². The molecule has 0 saturated carbocycles. The van der Waals surface area contributed by atoms with Crippen molar-refractivity contribution in [2.24, 2.45) is 0 Å². The molecule has 3 heteroatoms. The Hall–Kier alpha value is -1.38. The summed E-state index contributed by atoms with van der Waals surface area (Å²) in [6.45, 7) is 0. The molecular formula is C11H11FO2. The number of halogens is 1. The van der Waals surface area contributed by atoms with Crippen LogP contribution < -0.4 is 0 Å². The molecule has 1 aromatic carbocycles. The fourth-order valence-corrected chi connectivity index (χ4v) is 2.07. The molecule has 0 radical (unpaired) electrons. The number of carboxylic acids is 1. The highest BCUT2D eigenvalue weighted by Crippen LogP contribution is 2.42. The molecule has 1 N–H and O–H groups in total. The molecule has 0 amide bonds. The van der Waals surface area contributed by atoms with Gasteiger partial charge in [-0.15, -0.1) is 0 Å². The maximum Gasteiger partial charge on any atom is 0.306 e. The summed E-state index contributed by atoms with van der Waals surface area (Å²) in [7, 11) is 0. The summed E-state index contributed by atoms with van der Waals surface area (Å²) in [5.41, 5.74) is -0.152. The lowest BCUT2D eigenvalue weighted by Gasteiger charge is -2.18. The van der Waals surface area contributed by atoms with E-state index in [1.165, 1.54) is 0 Å². The predicted octanol–water partition coefficient (Wildman–Crippen LogP) is 2.27. The fraction of sp³-hybridized carbons (Fsp3) is 0.364. The third-order valence-electron chi connectivity index (χ3n) is 2.72. The van der Waals surface area contributed by atoms with E-state index in [-0.39, 0.29) is 0 Å². The quantitative estimate of drug-likeness (QED) is 0.784. The smallest absolute Gasteiger partial charge is 0.306 e. The number of alkyl halides is 1. The van der Waals surface area contributed by atoms with E-state index in [9.17, 15) is 9.18 Å². The number of aliphatic carboxylic acids is 1. The topological polar surface area (TPSA) is 37.3 Å². The van der Waals surface area contributed by atoms with Crippen molar-refractivity contribution in [1.29, 1.82) is 0 Å². The minimum absolute atomic E-state index is 0.290. The lowest BCUT2D eigenvalue weighted by molar-refractivity contribution is -0.140. The van der Waals surface area contributed by atoms with Crippen molar-refractivity contribution in [3.05, 3.63) is 35.4 Å². The number of aryl methyl sites for hydroxylation is 1. The molecule has 0 spiro atoms. The van der Waals surface area contributed by atoms with Crippen molar-refractivity contribution in [2.45, 2.75) is 24.9 Å². The average molecular weight is 194 g/mol. The fourth-order valence-electron chi connectivity index (χ4n) is 2.07. The van der Waals surface area contributed by atoms with E-state index in [0.717, 1.165) is 5.56 Å². The summed E-state index contributed by atoms with van der Waals surface area (Å²) in [5.74, 6) is -1.08. The van der Waals surface area contributed by atoms with Crippen LogP contribution in [0.4, 0.5) is 4.39 Å². The van der Waals surface area contributed by atoms with Crippen LogP contribution in [-0.2, 0) is 16.9 Å². The largest absolute Gasteiger partial charge is 0.481 e. The number of benzene rings is 1. The first kappa shape index (κ1) is 9.19. The Morgan fingerprint density at radius 3 is 2.93 bits per heavy atom. The van der Waals surface area contributed by atoms with Gasteiger partial charge in [-0.3, -0.25) is 4.79 Å². The Bertz CT molecular complexity index is 375. The van der Waals surface area contributed by atoms with Crippen molar-refractivity contribution < 1.29 is 14.3 Å². The summed E-state index contributed by atoms with van der Waals surface area (Å²) in [4.78, 5) is 10.5. The monoisotopic (exact) mass is 194 g/mol. The first-order valence-electron chi connectivity index (χ1n) is 4.61. The first-order valence-corrected chi connectivity index (χ1v) is 4.61. The van der Waals surface area contributed by atoms with Gasteiger partial charge in [-0.05, 0) is 24.0 Å². The number of carboxylic acid groups (broad SMARTS) is 1. The molecule has 0 aromatic heterocycles. The summed E-state index contributed by atoms with van der Waals surface area (Å²) in [5, 5.41) is 8.62. The number of carbonyl (C=O) groups is 1. The minimum atomic E-state index is -1.65. The van der Waals surface area contributed by atoms with Gasteiger partial charge in [-0.25, -0.2) is 4.39 Å². The Labute approximate surface area is 81.4 Å². The van der Waals surface area contributed by atoms with Crippen LogP contribution in [0.3, 0.4) is 0 Å². The number of fused-ring (bicyclic) bond motifs is 1. The van der Waals surface area contributed by atoms with Crippen molar-refractivity contribution in [3.63, 3.8) is 0 Å². The molecule has 1 unspecified atom stereocenters. The van der Waals surface area contributed by atoms with Gasteiger partial charge in [0, 0.05) is 0 Å². The van der Waals surface area contributed by atoms with Crippen molar-refractivity contribution >= 4 is 5.97 Å². The molecule has 1 aliphatic carbocycles. The van der Waals surface area contributed by atoms with Crippen LogP contribution in [0.1, 0.15) is 24.0 Å². The molecule has 74 valence electrons. The van der Waals surface area contributed by atoms with E-state index in [4.69, 9.17) is 5.11 Å². The second-order valence-corrected chi connectivity index (χ2v) is 3.69. The summed E-state index contributed by atoms with van der Waals surface area (Å²) >= 11 is 0. The second kappa shape index (κ2) is 3.08. The second-order valence-electron chi connectivity index (χ2n) is 3.69. The van der Waals surface area contributed by atoms with Crippen LogP contribution in [-0.4, -0.2) is 11.1 Å². The minimum Gasteiger partial charge on any atom is -0.481 e. The molecule has 0 saturated heterocycles. The van der Waals surface area contributed by atoms with Crippen molar-refractivity contribution in [1.82, 2.24) is 0 Å². The molecule has 0 aliphatic heterocycles. The predicted molar refractivity (Wildman–Crippen MR) is 49.8 cm³/mol. The van der Waals surface area contributed by atoms with Crippen LogP contribution in [0.15, 0.2) is 24.3 Å². The van der Waals surface area contributed by atoms with Gasteiger partial charge in [0.15, 0.2) is 0 Å². The van der Waals surface area contributed by atoms with Crippen LogP contribution in [0.2, 0.25) is 0 Å². The standard InChI is InChI=1S/C11H11FO2/c12-11(7-10(13)14)6-5-8-3-1-2-4-9(8)11/h1-4H,5-7H2,(H,13,14). The van der Waals surface area contributed by atoms with Gasteiger partial charge >= 0.3 is 5.97 Å². The van der Waals surface area contributed by atoms with Gasteiger partial charge in [-0.1, -0.05) is 24.3 Å².